The maximum absolute atomic E-state index is 11.4. The zero-order valence-corrected chi connectivity index (χ0v) is 12.9. The summed E-state index contributed by atoms with van der Waals surface area (Å²) in [6.07, 6.45) is 5.85. The summed E-state index contributed by atoms with van der Waals surface area (Å²) >= 11 is 8.60. The third-order valence-corrected chi connectivity index (χ3v) is 3.46. The zero-order chi connectivity index (χ0) is 13.8. The summed E-state index contributed by atoms with van der Waals surface area (Å²) in [6.45, 7) is 2.17. The molecule has 0 aliphatic heterocycles. The van der Waals surface area contributed by atoms with Crippen LogP contribution in [-0.4, -0.2) is 29.2 Å². The molecule has 0 aromatic heterocycles. The van der Waals surface area contributed by atoms with Crippen molar-refractivity contribution in [2.45, 2.75) is 57.1 Å². The molecule has 0 saturated carbocycles. The van der Waals surface area contributed by atoms with Crippen LogP contribution >= 0.6 is 25.3 Å². The quantitative estimate of drug-likeness (QED) is 0.405. The molecule has 0 aliphatic carbocycles. The number of unbranched alkanes of at least 4 members (excludes halogenated alkanes) is 1. The Hall–Kier alpha value is -0.160. The molecule has 0 spiro atoms. The van der Waals surface area contributed by atoms with Gasteiger partial charge < -0.3 is 10.1 Å². The number of hydrogen-bond donors (Lipinski definition) is 3. The third-order valence-electron chi connectivity index (χ3n) is 2.68. The smallest absolute Gasteiger partial charge is 0.219 e. The van der Waals surface area contributed by atoms with Gasteiger partial charge in [0.15, 0.2) is 0 Å². The molecule has 1 atom stereocenters. The summed E-state index contributed by atoms with van der Waals surface area (Å²) in [5, 5.41) is 3.23. The Balaban J connectivity index is 3.34. The maximum atomic E-state index is 11.4. The standard InChI is InChI=1S/C13H25NO2S2/c1-11(15)5-4-9-14-13(16)7-3-2-6-12(18)8-10-17/h12,17-18H,2-10H2,1H3,(H,14,16). The van der Waals surface area contributed by atoms with Crippen molar-refractivity contribution >= 4 is 36.9 Å². The number of rotatable bonds is 11. The fourth-order valence-electron chi connectivity index (χ4n) is 1.61. The number of thiol groups is 2. The highest BCUT2D eigenvalue weighted by molar-refractivity contribution is 7.81. The zero-order valence-electron chi connectivity index (χ0n) is 11.2. The molecule has 0 aromatic rings. The van der Waals surface area contributed by atoms with E-state index in [0.29, 0.717) is 24.6 Å². The molecule has 0 saturated heterocycles. The number of amides is 1. The molecule has 1 unspecified atom stereocenters. The van der Waals surface area contributed by atoms with Crippen LogP contribution in [0, 0.1) is 0 Å². The van der Waals surface area contributed by atoms with Gasteiger partial charge in [-0.2, -0.15) is 25.3 Å². The Morgan fingerprint density at radius 1 is 1.11 bits per heavy atom. The second-order valence-electron chi connectivity index (χ2n) is 4.57. The number of hydrogen-bond acceptors (Lipinski definition) is 4. The Morgan fingerprint density at radius 3 is 2.44 bits per heavy atom. The van der Waals surface area contributed by atoms with Gasteiger partial charge in [-0.3, -0.25) is 4.79 Å². The summed E-state index contributed by atoms with van der Waals surface area (Å²) in [6, 6.07) is 0. The van der Waals surface area contributed by atoms with Crippen molar-refractivity contribution in [1.82, 2.24) is 5.32 Å². The Kier molecular flexibility index (Phi) is 11.8. The lowest BCUT2D eigenvalue weighted by atomic mass is 10.1. The highest BCUT2D eigenvalue weighted by atomic mass is 32.1. The van der Waals surface area contributed by atoms with Gasteiger partial charge in [0, 0.05) is 24.6 Å². The van der Waals surface area contributed by atoms with Crippen LogP contribution in [0.3, 0.4) is 0 Å². The van der Waals surface area contributed by atoms with Crippen LogP contribution in [0.5, 0.6) is 0 Å². The molecule has 0 radical (unpaired) electrons. The van der Waals surface area contributed by atoms with Gasteiger partial charge in [-0.05, 0) is 38.4 Å². The molecule has 0 fully saturated rings. The van der Waals surface area contributed by atoms with E-state index in [2.05, 4.69) is 30.6 Å². The molecule has 1 amide bonds. The van der Waals surface area contributed by atoms with Crippen molar-refractivity contribution in [2.24, 2.45) is 0 Å². The van der Waals surface area contributed by atoms with Gasteiger partial charge in [0.05, 0.1) is 0 Å². The van der Waals surface area contributed by atoms with Crippen LogP contribution in [0.1, 0.15) is 51.9 Å². The fourth-order valence-corrected chi connectivity index (χ4v) is 2.44. The minimum Gasteiger partial charge on any atom is -0.356 e. The van der Waals surface area contributed by atoms with Crippen molar-refractivity contribution < 1.29 is 9.59 Å². The minimum absolute atomic E-state index is 0.0865. The molecule has 1 N–H and O–H groups in total. The topological polar surface area (TPSA) is 46.2 Å². The fraction of sp³-hybridized carbons (Fsp3) is 0.846. The third kappa shape index (κ3) is 12.3. The first-order valence-electron chi connectivity index (χ1n) is 6.61. The van der Waals surface area contributed by atoms with Crippen LogP contribution in [0.15, 0.2) is 0 Å². The molecule has 18 heavy (non-hydrogen) atoms. The second kappa shape index (κ2) is 11.9. The average molecular weight is 291 g/mol. The number of ketones is 1. The van der Waals surface area contributed by atoms with Crippen LogP contribution in [0.2, 0.25) is 0 Å². The molecule has 106 valence electrons. The molecule has 0 rings (SSSR count). The maximum Gasteiger partial charge on any atom is 0.219 e. The lowest BCUT2D eigenvalue weighted by Crippen LogP contribution is -2.24. The molecule has 0 aromatic carbocycles. The first kappa shape index (κ1) is 17.8. The molecular formula is C13H25NO2S2. The largest absolute Gasteiger partial charge is 0.356 e. The van der Waals surface area contributed by atoms with Crippen LogP contribution in [0.25, 0.3) is 0 Å². The van der Waals surface area contributed by atoms with E-state index in [1.54, 1.807) is 6.92 Å². The van der Waals surface area contributed by atoms with Gasteiger partial charge >= 0.3 is 0 Å². The monoisotopic (exact) mass is 291 g/mol. The van der Waals surface area contributed by atoms with Gasteiger partial charge in [-0.15, -0.1) is 0 Å². The van der Waals surface area contributed by atoms with E-state index < -0.39 is 0 Å². The normalized spacial score (nSPS) is 12.2. The number of nitrogens with one attached hydrogen (secondary N) is 1. The van der Waals surface area contributed by atoms with Crippen LogP contribution in [-0.2, 0) is 9.59 Å². The lowest BCUT2D eigenvalue weighted by molar-refractivity contribution is -0.121. The van der Waals surface area contributed by atoms with E-state index >= 15 is 0 Å². The predicted molar refractivity (Wildman–Crippen MR) is 82.6 cm³/mol. The van der Waals surface area contributed by atoms with Crippen molar-refractivity contribution in [3.8, 4) is 0 Å². The molecule has 0 bridgehead atoms. The first-order valence-corrected chi connectivity index (χ1v) is 7.76. The number of carbonyl (C=O) groups is 2. The van der Waals surface area contributed by atoms with Crippen molar-refractivity contribution in [1.29, 1.82) is 0 Å². The lowest BCUT2D eigenvalue weighted by Gasteiger charge is -2.08. The van der Waals surface area contributed by atoms with E-state index in [9.17, 15) is 9.59 Å². The van der Waals surface area contributed by atoms with E-state index in [1.165, 1.54) is 0 Å². The van der Waals surface area contributed by atoms with Crippen molar-refractivity contribution in [3.63, 3.8) is 0 Å². The molecule has 3 nitrogen and oxygen atoms in total. The summed E-state index contributed by atoms with van der Waals surface area (Å²) in [7, 11) is 0. The SMILES string of the molecule is CC(=O)CCCNC(=O)CCCCC(S)CCS. The van der Waals surface area contributed by atoms with Gasteiger partial charge in [0.1, 0.15) is 5.78 Å². The average Bonchev–Trinajstić information content (AvgIpc) is 2.30. The first-order chi connectivity index (χ1) is 8.56. The molecule has 5 heteroatoms. The number of carbonyl (C=O) groups excluding carboxylic acids is 2. The second-order valence-corrected chi connectivity index (χ2v) is 5.74. The Bertz CT molecular complexity index is 247. The van der Waals surface area contributed by atoms with Gasteiger partial charge in [-0.1, -0.05) is 6.42 Å². The highest BCUT2D eigenvalue weighted by Crippen LogP contribution is 2.12. The highest BCUT2D eigenvalue weighted by Gasteiger charge is 2.04. The van der Waals surface area contributed by atoms with Gasteiger partial charge in [-0.25, -0.2) is 0 Å². The van der Waals surface area contributed by atoms with E-state index in [1.807, 2.05) is 0 Å². The molecule has 0 aliphatic rings. The summed E-state index contributed by atoms with van der Waals surface area (Å²) in [5.41, 5.74) is 0. The predicted octanol–water partition coefficient (Wildman–Crippen LogP) is 2.65. The number of Topliss-reactive ketones (excluding diaryl/α,β-unsaturated/α-hetero) is 1. The van der Waals surface area contributed by atoms with E-state index in [-0.39, 0.29) is 11.7 Å². The van der Waals surface area contributed by atoms with Crippen molar-refractivity contribution in [2.75, 3.05) is 12.3 Å². The van der Waals surface area contributed by atoms with Crippen LogP contribution < -0.4 is 5.32 Å². The Morgan fingerprint density at radius 2 is 1.83 bits per heavy atom. The molecular weight excluding hydrogens is 266 g/mol. The van der Waals surface area contributed by atoms with E-state index in [4.69, 9.17) is 0 Å². The Labute approximate surface area is 121 Å². The van der Waals surface area contributed by atoms with Gasteiger partial charge in [0.25, 0.3) is 0 Å². The minimum atomic E-state index is 0.0865. The summed E-state index contributed by atoms with van der Waals surface area (Å²) in [5.74, 6) is 1.13. The molecule has 0 heterocycles. The van der Waals surface area contributed by atoms with Gasteiger partial charge in [0.2, 0.25) is 5.91 Å². The van der Waals surface area contributed by atoms with E-state index in [0.717, 1.165) is 37.9 Å². The summed E-state index contributed by atoms with van der Waals surface area (Å²) < 4.78 is 0. The van der Waals surface area contributed by atoms with Crippen molar-refractivity contribution in [3.05, 3.63) is 0 Å². The summed E-state index contributed by atoms with van der Waals surface area (Å²) in [4.78, 5) is 22.1. The van der Waals surface area contributed by atoms with Crippen LogP contribution in [0.4, 0.5) is 0 Å².